The molecule has 0 bridgehead atoms. The van der Waals surface area contributed by atoms with Gasteiger partial charge in [0.05, 0.1) is 39.6 Å². The van der Waals surface area contributed by atoms with E-state index in [9.17, 15) is 30.6 Å². The second-order valence-corrected chi connectivity index (χ2v) is 10.0. The van der Waals surface area contributed by atoms with Gasteiger partial charge in [-0.1, -0.05) is 0 Å². The zero-order valence-electron chi connectivity index (χ0n) is 23.8. The fraction of sp³-hybridized carbons (Fsp3) is 1.00. The molecule has 2 saturated heterocycles. The lowest BCUT2D eigenvalue weighted by atomic mass is 9.99. The molecule has 16 atom stereocenters. The van der Waals surface area contributed by atoms with Gasteiger partial charge in [-0.25, -0.2) is 0 Å². The number of hydrogen-bond acceptors (Lipinski definition) is 22. The van der Waals surface area contributed by atoms with Gasteiger partial charge < -0.3 is 111 Å². The summed E-state index contributed by atoms with van der Waals surface area (Å²) >= 11 is 0. The van der Waals surface area contributed by atoms with Gasteiger partial charge in [-0.2, -0.15) is 0 Å². The Morgan fingerprint density at radius 2 is 0.911 bits per heavy atom. The average molecular weight is 677 g/mol. The van der Waals surface area contributed by atoms with Crippen LogP contribution in [0.15, 0.2) is 0 Å². The zero-order chi connectivity index (χ0) is 35.2. The van der Waals surface area contributed by atoms with Crippen molar-refractivity contribution in [2.75, 3.05) is 46.2 Å². The SMILES string of the molecule is OC[C@@H](O)C(O)[C@@H](O)CO.OC[C@@H](O)[C@@H](O)[C@H](O)[C@@H](O)CO.OC[C@H]1O[C@@](CO)(O[C@H]2O[C@H](CO)[C@@H](O)[C@H](O)[C@H]2O)[C@@H](O)[C@@H]1O. The molecular formula is C23H48O22. The summed E-state index contributed by atoms with van der Waals surface area (Å²) in [5, 5.41) is 171. The van der Waals surface area contributed by atoms with Crippen molar-refractivity contribution in [3.8, 4) is 0 Å². The molecule has 0 aliphatic carbocycles. The topological polar surface area (TPSA) is 412 Å². The first-order chi connectivity index (χ1) is 21.0. The monoisotopic (exact) mass is 676 g/mol. The summed E-state index contributed by atoms with van der Waals surface area (Å²) in [4.78, 5) is 0. The van der Waals surface area contributed by atoms with Crippen molar-refractivity contribution >= 4 is 0 Å². The molecule has 0 spiro atoms. The van der Waals surface area contributed by atoms with Crippen LogP contribution in [0.3, 0.4) is 0 Å². The van der Waals surface area contributed by atoms with E-state index in [1.807, 2.05) is 0 Å². The molecule has 22 nitrogen and oxygen atoms in total. The van der Waals surface area contributed by atoms with Crippen LogP contribution in [0.4, 0.5) is 0 Å². The summed E-state index contributed by atoms with van der Waals surface area (Å²) < 4.78 is 15.4. The molecule has 272 valence electrons. The molecule has 2 aliphatic heterocycles. The highest BCUT2D eigenvalue weighted by molar-refractivity contribution is 4.98. The van der Waals surface area contributed by atoms with E-state index in [0.29, 0.717) is 0 Å². The van der Waals surface area contributed by atoms with Gasteiger partial charge in [0.25, 0.3) is 0 Å². The van der Waals surface area contributed by atoms with E-state index in [-0.39, 0.29) is 0 Å². The largest absolute Gasteiger partial charge is 0.394 e. The van der Waals surface area contributed by atoms with Gasteiger partial charge in [0.15, 0.2) is 6.29 Å². The minimum absolute atomic E-state index is 0.641. The molecule has 1 unspecified atom stereocenters. The molecule has 0 amide bonds. The Morgan fingerprint density at radius 3 is 1.24 bits per heavy atom. The van der Waals surface area contributed by atoms with E-state index in [2.05, 4.69) is 0 Å². The summed E-state index contributed by atoms with van der Waals surface area (Å²) in [5.41, 5.74) is 0. The molecule has 0 saturated carbocycles. The Bertz CT molecular complexity index is 743. The highest BCUT2D eigenvalue weighted by Crippen LogP contribution is 2.35. The minimum Gasteiger partial charge on any atom is -0.394 e. The number of hydrogen-bond donors (Lipinski definition) is 19. The summed E-state index contributed by atoms with van der Waals surface area (Å²) in [5.74, 6) is -2.22. The zero-order valence-corrected chi connectivity index (χ0v) is 23.8. The molecule has 2 fully saturated rings. The van der Waals surface area contributed by atoms with Crippen LogP contribution in [0.2, 0.25) is 0 Å². The number of ether oxygens (including phenoxy) is 3. The van der Waals surface area contributed by atoms with Crippen LogP contribution < -0.4 is 0 Å². The minimum atomic E-state index is -2.22. The maximum absolute atomic E-state index is 10.00. The fourth-order valence-corrected chi connectivity index (χ4v) is 3.77. The molecule has 22 heteroatoms. The maximum Gasteiger partial charge on any atom is 0.224 e. The Balaban J connectivity index is 0.000000740. The highest BCUT2D eigenvalue weighted by atomic mass is 16.8. The molecule has 0 aromatic heterocycles. The van der Waals surface area contributed by atoms with Crippen molar-refractivity contribution in [3.05, 3.63) is 0 Å². The summed E-state index contributed by atoms with van der Waals surface area (Å²) in [6.07, 6.45) is -23.3. The quantitative estimate of drug-likeness (QED) is 0.0811. The van der Waals surface area contributed by atoms with Gasteiger partial charge >= 0.3 is 0 Å². The summed E-state index contributed by atoms with van der Waals surface area (Å²) in [6, 6.07) is 0. The van der Waals surface area contributed by atoms with Crippen LogP contribution in [0.5, 0.6) is 0 Å². The second kappa shape index (κ2) is 21.2. The number of aliphatic hydroxyl groups is 19. The van der Waals surface area contributed by atoms with Crippen molar-refractivity contribution < 1.29 is 111 Å². The first-order valence-corrected chi connectivity index (χ1v) is 13.4. The van der Waals surface area contributed by atoms with Gasteiger partial charge in [0.1, 0.15) is 92.1 Å². The predicted octanol–water partition coefficient (Wildman–Crippen LogP) is -11.9. The predicted molar refractivity (Wildman–Crippen MR) is 139 cm³/mol. The van der Waals surface area contributed by atoms with Gasteiger partial charge in [0.2, 0.25) is 5.79 Å². The molecule has 2 heterocycles. The first-order valence-electron chi connectivity index (χ1n) is 13.4. The highest BCUT2D eigenvalue weighted by Gasteiger charge is 2.58. The summed E-state index contributed by atoms with van der Waals surface area (Å²) in [7, 11) is 0. The Hall–Kier alpha value is -0.880. The molecule has 0 aromatic carbocycles. The fourth-order valence-electron chi connectivity index (χ4n) is 3.77. The van der Waals surface area contributed by atoms with Crippen LogP contribution in [-0.2, 0) is 14.2 Å². The molecule has 19 N–H and O–H groups in total. The molecule has 0 aromatic rings. The molecule has 45 heavy (non-hydrogen) atoms. The van der Waals surface area contributed by atoms with Crippen LogP contribution >= 0.6 is 0 Å². The first kappa shape index (κ1) is 44.1. The normalized spacial score (nSPS) is 36.3. The second-order valence-electron chi connectivity index (χ2n) is 10.0. The molecule has 2 rings (SSSR count). The van der Waals surface area contributed by atoms with Crippen molar-refractivity contribution in [3.63, 3.8) is 0 Å². The van der Waals surface area contributed by atoms with Crippen molar-refractivity contribution in [1.29, 1.82) is 0 Å². The van der Waals surface area contributed by atoms with Gasteiger partial charge in [-0.3, -0.25) is 0 Å². The third-order valence-electron chi connectivity index (χ3n) is 6.75. The third-order valence-corrected chi connectivity index (χ3v) is 6.75. The van der Waals surface area contributed by atoms with Crippen molar-refractivity contribution in [2.45, 2.75) is 97.5 Å². The number of rotatable bonds is 14. The van der Waals surface area contributed by atoms with Gasteiger partial charge in [-0.05, 0) is 0 Å². The van der Waals surface area contributed by atoms with Crippen LogP contribution in [-0.4, -0.2) is 241 Å². The summed E-state index contributed by atoms with van der Waals surface area (Å²) in [6.45, 7) is -5.06. The van der Waals surface area contributed by atoms with Gasteiger partial charge in [-0.15, -0.1) is 0 Å². The molecular weight excluding hydrogens is 628 g/mol. The molecule has 2 aliphatic rings. The Kier molecular flexibility index (Phi) is 20.8. The van der Waals surface area contributed by atoms with Crippen LogP contribution in [0.25, 0.3) is 0 Å². The van der Waals surface area contributed by atoms with E-state index in [4.69, 9.17) is 80.6 Å². The standard InChI is InChI=1S/C12H22O11.C6H14O6.C5H12O5/c13-1-4-6(16)8(18)9(19)11(21-4)23-12(3-15)10(20)7(17)5(2-14)22-12;7-1-3(9)5(11)6(12)4(10)2-8;6-1-3(8)5(10)4(9)2-7/h4-11,13-20H,1-3H2;3-12H,1-2H2;3-10H,1-2H2/t4-,5-,6-,7-,8+,9-,10+,11-,12+;3-,4+,5-,6-;3-,4+,5?/m11./s1. The molecule has 0 radical (unpaired) electrons. The van der Waals surface area contributed by atoms with E-state index < -0.39 is 144 Å². The third kappa shape index (κ3) is 11.9. The van der Waals surface area contributed by atoms with E-state index in [0.717, 1.165) is 0 Å². The van der Waals surface area contributed by atoms with E-state index in [1.54, 1.807) is 0 Å². The maximum atomic E-state index is 10.00. The Labute approximate surface area is 255 Å². The van der Waals surface area contributed by atoms with E-state index in [1.165, 1.54) is 0 Å². The van der Waals surface area contributed by atoms with Crippen LogP contribution in [0, 0.1) is 0 Å². The van der Waals surface area contributed by atoms with E-state index >= 15 is 0 Å². The van der Waals surface area contributed by atoms with Crippen LogP contribution in [0.1, 0.15) is 0 Å². The number of aliphatic hydroxyl groups excluding tert-OH is 19. The smallest absolute Gasteiger partial charge is 0.224 e. The lowest BCUT2D eigenvalue weighted by Gasteiger charge is -2.43. The lowest BCUT2D eigenvalue weighted by Crippen LogP contribution is -2.62. The lowest BCUT2D eigenvalue weighted by molar-refractivity contribution is -0.383. The van der Waals surface area contributed by atoms with Crippen molar-refractivity contribution in [2.24, 2.45) is 0 Å². The average Bonchev–Trinajstić information content (AvgIpc) is 3.31. The van der Waals surface area contributed by atoms with Crippen molar-refractivity contribution in [1.82, 2.24) is 0 Å². The Morgan fingerprint density at radius 1 is 0.511 bits per heavy atom. The van der Waals surface area contributed by atoms with Gasteiger partial charge in [0, 0.05) is 0 Å².